The van der Waals surface area contributed by atoms with Crippen molar-refractivity contribution in [2.24, 2.45) is 5.92 Å². The van der Waals surface area contributed by atoms with Crippen LogP contribution in [0.1, 0.15) is 17.3 Å². The summed E-state index contributed by atoms with van der Waals surface area (Å²) in [6.45, 7) is 4.91. The second-order valence-electron chi connectivity index (χ2n) is 5.07. The first-order chi connectivity index (χ1) is 9.58. The van der Waals surface area contributed by atoms with Crippen LogP contribution in [-0.4, -0.2) is 64.5 Å². The van der Waals surface area contributed by atoms with E-state index < -0.39 is 5.97 Å². The fourth-order valence-corrected chi connectivity index (χ4v) is 2.27. The zero-order valence-electron chi connectivity index (χ0n) is 11.5. The van der Waals surface area contributed by atoms with Crippen LogP contribution in [0.4, 0.5) is 0 Å². The van der Waals surface area contributed by atoms with Gasteiger partial charge in [0.05, 0.1) is 11.5 Å². The molecule has 0 spiro atoms. The normalized spacial score (nSPS) is 17.8. The topological polar surface area (TPSA) is 73.7 Å². The van der Waals surface area contributed by atoms with Gasteiger partial charge in [0.1, 0.15) is 0 Å². The van der Waals surface area contributed by atoms with Crippen LogP contribution in [-0.2, 0) is 4.79 Å². The first kappa shape index (κ1) is 14.5. The number of piperazine rings is 1. The molecule has 0 bridgehead atoms. The summed E-state index contributed by atoms with van der Waals surface area (Å²) in [7, 11) is 0. The van der Waals surface area contributed by atoms with Gasteiger partial charge in [-0.25, -0.2) is 0 Å². The van der Waals surface area contributed by atoms with E-state index in [9.17, 15) is 9.59 Å². The number of carboxylic acid groups (broad SMARTS) is 1. The Morgan fingerprint density at radius 1 is 1.35 bits per heavy atom. The molecule has 2 rings (SSSR count). The number of aliphatic carboxylic acids is 1. The fourth-order valence-electron chi connectivity index (χ4n) is 2.27. The van der Waals surface area contributed by atoms with Gasteiger partial charge >= 0.3 is 5.97 Å². The average Bonchev–Trinajstić information content (AvgIpc) is 2.48. The summed E-state index contributed by atoms with van der Waals surface area (Å²) in [5, 5.41) is 8.90. The van der Waals surface area contributed by atoms with E-state index in [0.717, 1.165) is 0 Å². The van der Waals surface area contributed by atoms with Crippen molar-refractivity contribution in [3.63, 3.8) is 0 Å². The number of rotatable bonds is 4. The lowest BCUT2D eigenvalue weighted by Crippen LogP contribution is -2.50. The summed E-state index contributed by atoms with van der Waals surface area (Å²) >= 11 is 0. The Balaban J connectivity index is 1.85. The lowest BCUT2D eigenvalue weighted by molar-refractivity contribution is -0.141. The van der Waals surface area contributed by atoms with E-state index >= 15 is 0 Å². The molecule has 0 aromatic carbocycles. The van der Waals surface area contributed by atoms with Gasteiger partial charge in [-0.2, -0.15) is 0 Å². The standard InChI is InChI=1S/C14H19N3O3/c1-11(14(19)20)10-16-5-7-17(8-6-16)13(18)12-3-2-4-15-9-12/h2-4,9,11H,5-8,10H2,1H3,(H,19,20). The third-order valence-electron chi connectivity index (χ3n) is 3.52. The third-order valence-corrected chi connectivity index (χ3v) is 3.52. The van der Waals surface area contributed by atoms with Gasteiger partial charge in [0.25, 0.3) is 5.91 Å². The number of amides is 1. The Labute approximate surface area is 118 Å². The van der Waals surface area contributed by atoms with Crippen LogP contribution in [0.3, 0.4) is 0 Å². The number of nitrogens with zero attached hydrogens (tertiary/aromatic N) is 3. The van der Waals surface area contributed by atoms with Crippen molar-refractivity contribution < 1.29 is 14.7 Å². The number of carbonyl (C=O) groups is 2. The Bertz CT molecular complexity index is 470. The number of hydrogen-bond acceptors (Lipinski definition) is 4. The quantitative estimate of drug-likeness (QED) is 0.870. The van der Waals surface area contributed by atoms with Crippen molar-refractivity contribution in [1.29, 1.82) is 0 Å². The summed E-state index contributed by atoms with van der Waals surface area (Å²) in [4.78, 5) is 30.9. The smallest absolute Gasteiger partial charge is 0.307 e. The highest BCUT2D eigenvalue weighted by molar-refractivity contribution is 5.93. The molecule has 0 saturated carbocycles. The molecule has 1 aliphatic heterocycles. The SMILES string of the molecule is CC(CN1CCN(C(=O)c2cccnc2)CC1)C(=O)O. The van der Waals surface area contributed by atoms with E-state index in [1.54, 1.807) is 36.4 Å². The van der Waals surface area contributed by atoms with Gasteiger partial charge in [0.2, 0.25) is 0 Å². The van der Waals surface area contributed by atoms with Crippen molar-refractivity contribution in [1.82, 2.24) is 14.8 Å². The molecule has 6 heteroatoms. The maximum absolute atomic E-state index is 12.2. The molecule has 1 amide bonds. The van der Waals surface area contributed by atoms with Crippen molar-refractivity contribution in [3.8, 4) is 0 Å². The van der Waals surface area contributed by atoms with Crippen LogP contribution in [0.5, 0.6) is 0 Å². The van der Waals surface area contributed by atoms with Crippen LogP contribution in [0, 0.1) is 5.92 Å². The second kappa shape index (κ2) is 6.47. The molecule has 1 fully saturated rings. The largest absolute Gasteiger partial charge is 0.481 e. The molecule has 0 aliphatic carbocycles. The summed E-state index contributed by atoms with van der Waals surface area (Å²) in [6, 6.07) is 3.51. The number of pyridine rings is 1. The van der Waals surface area contributed by atoms with Crippen molar-refractivity contribution in [2.45, 2.75) is 6.92 Å². The van der Waals surface area contributed by atoms with Crippen LogP contribution < -0.4 is 0 Å². The Hall–Kier alpha value is -1.95. The summed E-state index contributed by atoms with van der Waals surface area (Å²) in [5.74, 6) is -1.17. The predicted molar refractivity (Wildman–Crippen MR) is 73.4 cm³/mol. The lowest BCUT2D eigenvalue weighted by atomic mass is 10.1. The minimum absolute atomic E-state index is 0.0102. The van der Waals surface area contributed by atoms with Crippen molar-refractivity contribution in [2.75, 3.05) is 32.7 Å². The molecule has 1 N–H and O–H groups in total. The monoisotopic (exact) mass is 277 g/mol. The molecule has 1 saturated heterocycles. The molecular weight excluding hydrogens is 258 g/mol. The van der Waals surface area contributed by atoms with E-state index in [0.29, 0.717) is 38.3 Å². The van der Waals surface area contributed by atoms with Gasteiger partial charge in [-0.3, -0.25) is 19.5 Å². The summed E-state index contributed by atoms with van der Waals surface area (Å²) in [5.41, 5.74) is 0.597. The van der Waals surface area contributed by atoms with Crippen LogP contribution in [0.2, 0.25) is 0 Å². The molecule has 1 unspecified atom stereocenters. The van der Waals surface area contributed by atoms with Gasteiger partial charge in [-0.1, -0.05) is 6.92 Å². The van der Waals surface area contributed by atoms with E-state index in [2.05, 4.69) is 9.88 Å². The van der Waals surface area contributed by atoms with E-state index in [-0.39, 0.29) is 11.8 Å². The molecule has 0 radical (unpaired) electrons. The van der Waals surface area contributed by atoms with E-state index in [1.165, 1.54) is 0 Å². The molecule has 108 valence electrons. The van der Waals surface area contributed by atoms with Crippen LogP contribution in [0.15, 0.2) is 24.5 Å². The molecular formula is C14H19N3O3. The Morgan fingerprint density at radius 3 is 2.60 bits per heavy atom. The Kier molecular flexibility index (Phi) is 4.68. The third kappa shape index (κ3) is 3.54. The van der Waals surface area contributed by atoms with Crippen molar-refractivity contribution >= 4 is 11.9 Å². The van der Waals surface area contributed by atoms with E-state index in [4.69, 9.17) is 5.11 Å². The van der Waals surface area contributed by atoms with Gasteiger partial charge in [0, 0.05) is 45.1 Å². The average molecular weight is 277 g/mol. The highest BCUT2D eigenvalue weighted by Crippen LogP contribution is 2.09. The number of aromatic nitrogens is 1. The molecule has 6 nitrogen and oxygen atoms in total. The Morgan fingerprint density at radius 2 is 2.05 bits per heavy atom. The molecule has 1 aliphatic rings. The zero-order valence-corrected chi connectivity index (χ0v) is 11.5. The van der Waals surface area contributed by atoms with E-state index in [1.807, 2.05) is 0 Å². The first-order valence-electron chi connectivity index (χ1n) is 6.72. The predicted octanol–water partition coefficient (Wildman–Crippen LogP) is 0.560. The summed E-state index contributed by atoms with van der Waals surface area (Å²) in [6.07, 6.45) is 3.21. The van der Waals surface area contributed by atoms with Crippen LogP contribution in [0.25, 0.3) is 0 Å². The van der Waals surface area contributed by atoms with Gasteiger partial charge in [-0.05, 0) is 12.1 Å². The molecule has 2 heterocycles. The van der Waals surface area contributed by atoms with Gasteiger partial charge in [0.15, 0.2) is 0 Å². The molecule has 1 atom stereocenters. The van der Waals surface area contributed by atoms with Crippen molar-refractivity contribution in [3.05, 3.63) is 30.1 Å². The molecule has 1 aromatic rings. The fraction of sp³-hybridized carbons (Fsp3) is 0.500. The highest BCUT2D eigenvalue weighted by Gasteiger charge is 2.24. The molecule has 20 heavy (non-hydrogen) atoms. The maximum Gasteiger partial charge on any atom is 0.307 e. The number of carboxylic acids is 1. The second-order valence-corrected chi connectivity index (χ2v) is 5.07. The number of hydrogen-bond donors (Lipinski definition) is 1. The summed E-state index contributed by atoms with van der Waals surface area (Å²) < 4.78 is 0. The zero-order chi connectivity index (χ0) is 14.5. The minimum atomic E-state index is -0.779. The minimum Gasteiger partial charge on any atom is -0.481 e. The maximum atomic E-state index is 12.2. The van der Waals surface area contributed by atoms with Crippen LogP contribution >= 0.6 is 0 Å². The highest BCUT2D eigenvalue weighted by atomic mass is 16.4. The lowest BCUT2D eigenvalue weighted by Gasteiger charge is -2.35. The first-order valence-corrected chi connectivity index (χ1v) is 6.72. The number of carbonyl (C=O) groups excluding carboxylic acids is 1. The van der Waals surface area contributed by atoms with Gasteiger partial charge in [-0.15, -0.1) is 0 Å². The molecule has 1 aromatic heterocycles. The van der Waals surface area contributed by atoms with Gasteiger partial charge < -0.3 is 10.0 Å².